The molecule has 0 amide bonds. The third-order valence-corrected chi connectivity index (χ3v) is 1.85. The summed E-state index contributed by atoms with van der Waals surface area (Å²) in [7, 11) is 0. The van der Waals surface area contributed by atoms with E-state index in [1.54, 1.807) is 0 Å². The second-order valence-corrected chi connectivity index (χ2v) is 2.54. The first-order chi connectivity index (χ1) is 3.95. The van der Waals surface area contributed by atoms with Crippen molar-refractivity contribution in [2.24, 2.45) is 5.92 Å². The summed E-state index contributed by atoms with van der Waals surface area (Å²) in [5.41, 5.74) is 0. The Kier molecular flexibility index (Phi) is 13.6. The molecule has 0 nitrogen and oxygen atoms in total. The van der Waals surface area contributed by atoms with E-state index >= 15 is 0 Å². The summed E-state index contributed by atoms with van der Waals surface area (Å²) >= 11 is 0. The van der Waals surface area contributed by atoms with E-state index in [-0.39, 0.29) is 63.4 Å². The molecule has 0 aliphatic heterocycles. The SMILES string of the molecule is C1=C[C-]2C=CC(C1)C2.Cl.Cl.Cl.[Zr]. The molecule has 0 spiro atoms. The molecule has 0 aromatic heterocycles. The molecule has 2 aliphatic rings. The van der Waals surface area contributed by atoms with E-state index in [2.05, 4.69) is 24.3 Å². The summed E-state index contributed by atoms with van der Waals surface area (Å²) in [6.07, 6.45) is 11.6. The van der Waals surface area contributed by atoms with Gasteiger partial charge in [-0.3, -0.25) is 0 Å². The van der Waals surface area contributed by atoms with Gasteiger partial charge in [0.15, 0.2) is 0 Å². The predicted molar refractivity (Wildman–Crippen MR) is 56.0 cm³/mol. The van der Waals surface area contributed by atoms with Crippen molar-refractivity contribution in [3.05, 3.63) is 30.2 Å². The quantitative estimate of drug-likeness (QED) is 0.602. The minimum Gasteiger partial charge on any atom is -0.179 e. The van der Waals surface area contributed by atoms with Gasteiger partial charge in [-0.15, -0.1) is 37.2 Å². The van der Waals surface area contributed by atoms with Crippen LogP contribution in [0.3, 0.4) is 0 Å². The maximum Gasteiger partial charge on any atom is 0 e. The number of hydrogen-bond acceptors (Lipinski definition) is 0. The summed E-state index contributed by atoms with van der Waals surface area (Å²) < 4.78 is 0. The van der Waals surface area contributed by atoms with Gasteiger partial charge in [-0.25, -0.2) is 0 Å². The van der Waals surface area contributed by atoms with Crippen molar-refractivity contribution in [2.75, 3.05) is 0 Å². The van der Waals surface area contributed by atoms with Crippen LogP contribution >= 0.6 is 37.2 Å². The maximum absolute atomic E-state index is 2.31. The fraction of sp³-hybridized carbons (Fsp3) is 0.375. The Balaban J connectivity index is -0.000000202. The van der Waals surface area contributed by atoms with Crippen LogP contribution in [0.4, 0.5) is 0 Å². The first kappa shape index (κ1) is 18.8. The Bertz CT molecular complexity index is 154. The largest absolute Gasteiger partial charge is 0.179 e. The molecule has 0 fully saturated rings. The van der Waals surface area contributed by atoms with Gasteiger partial charge < -0.3 is 0 Å². The molecule has 0 aromatic carbocycles. The minimum absolute atomic E-state index is 0. The van der Waals surface area contributed by atoms with Crippen molar-refractivity contribution < 1.29 is 26.2 Å². The van der Waals surface area contributed by atoms with E-state index < -0.39 is 0 Å². The molecule has 12 heavy (non-hydrogen) atoms. The molecule has 4 heteroatoms. The van der Waals surface area contributed by atoms with Crippen molar-refractivity contribution >= 4 is 37.2 Å². The molecule has 2 bridgehead atoms. The molecule has 0 saturated heterocycles. The number of hydrogen-bond donors (Lipinski definition) is 0. The summed E-state index contributed by atoms with van der Waals surface area (Å²) in [5, 5.41) is 0. The molecule has 2 rings (SSSR count). The van der Waals surface area contributed by atoms with Crippen molar-refractivity contribution in [1.82, 2.24) is 0 Å². The monoisotopic (exact) mass is 303 g/mol. The van der Waals surface area contributed by atoms with E-state index in [9.17, 15) is 0 Å². The average molecular weight is 306 g/mol. The van der Waals surface area contributed by atoms with Crippen LogP contribution in [0, 0.1) is 11.8 Å². The van der Waals surface area contributed by atoms with E-state index in [1.165, 1.54) is 18.8 Å². The van der Waals surface area contributed by atoms with E-state index in [0.717, 1.165) is 5.92 Å². The van der Waals surface area contributed by atoms with Gasteiger partial charge in [-0.2, -0.15) is 30.2 Å². The second-order valence-electron chi connectivity index (χ2n) is 2.54. The van der Waals surface area contributed by atoms with Gasteiger partial charge in [-0.05, 0) is 0 Å². The van der Waals surface area contributed by atoms with Crippen LogP contribution in [0.25, 0.3) is 0 Å². The van der Waals surface area contributed by atoms with E-state index in [0.29, 0.717) is 0 Å². The van der Waals surface area contributed by atoms with Gasteiger partial charge in [0.1, 0.15) is 0 Å². The Morgan fingerprint density at radius 3 is 2.25 bits per heavy atom. The van der Waals surface area contributed by atoms with Crippen LogP contribution < -0.4 is 0 Å². The molecule has 0 radical (unpaired) electrons. The van der Waals surface area contributed by atoms with Gasteiger partial charge in [0.25, 0.3) is 0 Å². The second kappa shape index (κ2) is 8.69. The zero-order valence-corrected chi connectivity index (χ0v) is 11.4. The van der Waals surface area contributed by atoms with Crippen LogP contribution in [0.15, 0.2) is 24.3 Å². The van der Waals surface area contributed by atoms with E-state index in [1.807, 2.05) is 0 Å². The van der Waals surface area contributed by atoms with Crippen LogP contribution in [0.5, 0.6) is 0 Å². The molecular formula is C8H12Cl3Zr-. The van der Waals surface area contributed by atoms with Crippen LogP contribution in [0.2, 0.25) is 0 Å². The standard InChI is InChI=1S/C8H9.3ClH.Zr/c1-2-7-4-5-8(3-1)6-7;;;;/h1-2,4-5,8H,3,6H2;3*1H;/q-1;;;;. The molecular weight excluding hydrogens is 294 g/mol. The van der Waals surface area contributed by atoms with Crippen molar-refractivity contribution in [2.45, 2.75) is 12.8 Å². The Morgan fingerprint density at radius 1 is 1.08 bits per heavy atom. The van der Waals surface area contributed by atoms with Gasteiger partial charge >= 0.3 is 0 Å². The summed E-state index contributed by atoms with van der Waals surface area (Å²) in [6.45, 7) is 0. The zero-order valence-electron chi connectivity index (χ0n) is 6.53. The third kappa shape index (κ3) is 4.37. The Labute approximate surface area is 112 Å². The predicted octanol–water partition coefficient (Wildman–Crippen LogP) is 3.36. The number of halogens is 3. The normalized spacial score (nSPS) is 21.3. The van der Waals surface area contributed by atoms with E-state index in [4.69, 9.17) is 0 Å². The fourth-order valence-electron chi connectivity index (χ4n) is 1.38. The van der Waals surface area contributed by atoms with Gasteiger partial charge in [0.05, 0.1) is 0 Å². The number of allylic oxidation sites excluding steroid dienone is 4. The first-order valence-electron chi connectivity index (χ1n) is 3.16. The topological polar surface area (TPSA) is 0 Å². The molecule has 1 atom stereocenters. The van der Waals surface area contributed by atoms with Gasteiger partial charge in [0.2, 0.25) is 0 Å². The van der Waals surface area contributed by atoms with Crippen LogP contribution in [-0.4, -0.2) is 0 Å². The molecule has 1 unspecified atom stereocenters. The molecule has 70 valence electrons. The van der Waals surface area contributed by atoms with Crippen molar-refractivity contribution in [1.29, 1.82) is 0 Å². The van der Waals surface area contributed by atoms with Gasteiger partial charge in [-0.1, -0.05) is 18.8 Å². The third-order valence-electron chi connectivity index (χ3n) is 1.85. The minimum atomic E-state index is 0. The maximum atomic E-state index is 2.31. The van der Waals surface area contributed by atoms with Crippen LogP contribution in [0.1, 0.15) is 12.8 Å². The molecule has 2 aliphatic carbocycles. The molecule has 0 heterocycles. The van der Waals surface area contributed by atoms with Crippen molar-refractivity contribution in [3.63, 3.8) is 0 Å². The summed E-state index contributed by atoms with van der Waals surface area (Å²) in [5.74, 6) is 2.37. The molecule has 0 aromatic rings. The van der Waals surface area contributed by atoms with Crippen molar-refractivity contribution in [3.8, 4) is 0 Å². The summed E-state index contributed by atoms with van der Waals surface area (Å²) in [6, 6.07) is 0. The average Bonchev–Trinajstić information content (AvgIpc) is 2.12. The smallest absolute Gasteiger partial charge is 0 e. The molecule has 0 N–H and O–H groups in total. The van der Waals surface area contributed by atoms with Crippen LogP contribution in [-0.2, 0) is 26.2 Å². The first-order valence-corrected chi connectivity index (χ1v) is 3.16. The Hall–Kier alpha value is 1.10. The fourth-order valence-corrected chi connectivity index (χ4v) is 1.38. The summed E-state index contributed by atoms with van der Waals surface area (Å²) in [4.78, 5) is 0. The number of fused-ring (bicyclic) bond motifs is 2. The molecule has 0 saturated carbocycles. The Morgan fingerprint density at radius 2 is 1.75 bits per heavy atom. The van der Waals surface area contributed by atoms with Gasteiger partial charge in [0, 0.05) is 26.2 Å². The zero-order chi connectivity index (χ0) is 5.40. The number of rotatable bonds is 0.